The Morgan fingerprint density at radius 2 is 1.87 bits per heavy atom. The lowest BCUT2D eigenvalue weighted by Gasteiger charge is -2.04. The van der Waals surface area contributed by atoms with Crippen molar-refractivity contribution >= 4 is 17.8 Å². The lowest BCUT2D eigenvalue weighted by Crippen LogP contribution is -2.24. The molecule has 0 aliphatic heterocycles. The highest BCUT2D eigenvalue weighted by Crippen LogP contribution is 2.16. The van der Waals surface area contributed by atoms with Crippen molar-refractivity contribution < 1.29 is 14.5 Å². The van der Waals surface area contributed by atoms with Gasteiger partial charge in [-0.3, -0.25) is 14.9 Å². The number of nitro benzene ring substituents is 1. The zero-order chi connectivity index (χ0) is 16.7. The first-order valence-corrected chi connectivity index (χ1v) is 6.80. The predicted molar refractivity (Wildman–Crippen MR) is 85.5 cm³/mol. The molecule has 0 spiro atoms. The van der Waals surface area contributed by atoms with Crippen LogP contribution < -0.4 is 10.2 Å². The molecule has 1 N–H and O–H groups in total. The van der Waals surface area contributed by atoms with Crippen LogP contribution in [0.1, 0.15) is 11.1 Å². The number of hydrazone groups is 1. The largest absolute Gasteiger partial charge is 0.484 e. The Kier molecular flexibility index (Phi) is 5.40. The molecule has 0 aliphatic rings. The molecule has 0 aromatic heterocycles. The van der Waals surface area contributed by atoms with E-state index in [1.807, 2.05) is 31.2 Å². The van der Waals surface area contributed by atoms with Crippen LogP contribution in [0.25, 0.3) is 0 Å². The predicted octanol–water partition coefficient (Wildman–Crippen LogP) is 2.43. The Hall–Kier alpha value is -3.22. The highest BCUT2D eigenvalue weighted by Gasteiger charge is 2.06. The third-order valence-corrected chi connectivity index (χ3v) is 2.90. The number of rotatable bonds is 6. The van der Waals surface area contributed by atoms with Gasteiger partial charge in [-0.25, -0.2) is 5.43 Å². The van der Waals surface area contributed by atoms with Crippen LogP contribution in [0.4, 0.5) is 5.69 Å². The van der Waals surface area contributed by atoms with Gasteiger partial charge in [0.25, 0.3) is 11.6 Å². The SMILES string of the molecule is Cc1ccc(/C=N/NC(=O)COc2ccc([N+](=O)[O-])cc2)cc1. The highest BCUT2D eigenvalue weighted by atomic mass is 16.6. The average molecular weight is 313 g/mol. The number of hydrogen-bond donors (Lipinski definition) is 1. The van der Waals surface area contributed by atoms with Gasteiger partial charge in [0.1, 0.15) is 5.75 Å². The van der Waals surface area contributed by atoms with Crippen LogP contribution in [-0.4, -0.2) is 23.7 Å². The molecule has 1 amide bonds. The number of carbonyl (C=O) groups is 1. The van der Waals surface area contributed by atoms with Gasteiger partial charge in [-0.05, 0) is 24.6 Å². The molecule has 0 saturated heterocycles. The lowest BCUT2D eigenvalue weighted by atomic mass is 10.2. The van der Waals surface area contributed by atoms with Gasteiger partial charge in [-0.1, -0.05) is 29.8 Å². The highest BCUT2D eigenvalue weighted by molar-refractivity contribution is 5.82. The van der Waals surface area contributed by atoms with Gasteiger partial charge in [-0.2, -0.15) is 5.10 Å². The van der Waals surface area contributed by atoms with Gasteiger partial charge in [0.2, 0.25) is 0 Å². The van der Waals surface area contributed by atoms with Gasteiger partial charge in [-0.15, -0.1) is 0 Å². The third kappa shape index (κ3) is 5.24. The van der Waals surface area contributed by atoms with Crippen LogP contribution in [0.2, 0.25) is 0 Å². The van der Waals surface area contributed by atoms with Crippen molar-refractivity contribution in [3.8, 4) is 5.75 Å². The molecule has 0 fully saturated rings. The minimum atomic E-state index is -0.504. The van der Waals surface area contributed by atoms with Crippen LogP contribution >= 0.6 is 0 Å². The fraction of sp³-hybridized carbons (Fsp3) is 0.125. The Labute approximate surface area is 132 Å². The van der Waals surface area contributed by atoms with Crippen LogP contribution in [0.5, 0.6) is 5.75 Å². The summed E-state index contributed by atoms with van der Waals surface area (Å²) in [5.74, 6) is -0.0556. The molecule has 23 heavy (non-hydrogen) atoms. The monoisotopic (exact) mass is 313 g/mol. The first-order chi connectivity index (χ1) is 11.0. The summed E-state index contributed by atoms with van der Waals surface area (Å²) in [6.07, 6.45) is 1.53. The molecule has 7 nitrogen and oxygen atoms in total. The number of hydrogen-bond acceptors (Lipinski definition) is 5. The van der Waals surface area contributed by atoms with Crippen LogP contribution in [0.15, 0.2) is 53.6 Å². The van der Waals surface area contributed by atoms with Gasteiger partial charge < -0.3 is 4.74 Å². The summed E-state index contributed by atoms with van der Waals surface area (Å²) < 4.78 is 5.21. The molecule has 0 bridgehead atoms. The molecule has 118 valence electrons. The van der Waals surface area contributed by atoms with E-state index >= 15 is 0 Å². The number of carbonyl (C=O) groups excluding carboxylic acids is 1. The summed E-state index contributed by atoms with van der Waals surface area (Å²) in [7, 11) is 0. The Balaban J connectivity index is 1.78. The number of nitro groups is 1. The lowest BCUT2D eigenvalue weighted by molar-refractivity contribution is -0.384. The molecule has 0 atom stereocenters. The van der Waals surface area contributed by atoms with E-state index in [1.54, 1.807) is 0 Å². The Bertz CT molecular complexity index is 709. The van der Waals surface area contributed by atoms with E-state index < -0.39 is 10.8 Å². The number of nitrogens with zero attached hydrogens (tertiary/aromatic N) is 2. The minimum Gasteiger partial charge on any atom is -0.484 e. The van der Waals surface area contributed by atoms with Gasteiger partial charge in [0, 0.05) is 12.1 Å². The minimum absolute atomic E-state index is 0.0375. The number of amides is 1. The zero-order valence-corrected chi connectivity index (χ0v) is 12.4. The molecule has 2 rings (SSSR count). The number of aryl methyl sites for hydroxylation is 1. The van der Waals surface area contributed by atoms with Crippen molar-refractivity contribution in [2.75, 3.05) is 6.61 Å². The van der Waals surface area contributed by atoms with E-state index in [1.165, 1.54) is 30.5 Å². The molecule has 0 heterocycles. The smallest absolute Gasteiger partial charge is 0.277 e. The van der Waals surface area contributed by atoms with E-state index in [0.29, 0.717) is 5.75 Å². The van der Waals surface area contributed by atoms with Crippen LogP contribution in [-0.2, 0) is 4.79 Å². The first-order valence-electron chi connectivity index (χ1n) is 6.80. The molecule has 0 aliphatic carbocycles. The molecule has 7 heteroatoms. The van der Waals surface area contributed by atoms with Crippen LogP contribution in [0, 0.1) is 17.0 Å². The summed E-state index contributed by atoms with van der Waals surface area (Å²) in [5, 5.41) is 14.3. The van der Waals surface area contributed by atoms with Gasteiger partial charge >= 0.3 is 0 Å². The molecule has 2 aromatic rings. The fourth-order valence-electron chi connectivity index (χ4n) is 1.68. The first kappa shape index (κ1) is 16.2. The summed E-state index contributed by atoms with van der Waals surface area (Å²) in [6, 6.07) is 13.1. The normalized spacial score (nSPS) is 10.5. The summed E-state index contributed by atoms with van der Waals surface area (Å²) >= 11 is 0. The second-order valence-corrected chi connectivity index (χ2v) is 4.74. The number of nitrogens with one attached hydrogen (secondary N) is 1. The molecular weight excluding hydrogens is 298 g/mol. The molecular formula is C16H15N3O4. The fourth-order valence-corrected chi connectivity index (χ4v) is 1.68. The molecule has 0 radical (unpaired) electrons. The average Bonchev–Trinajstić information content (AvgIpc) is 2.55. The molecule has 0 saturated carbocycles. The molecule has 0 unspecified atom stereocenters. The standard InChI is InChI=1S/C16H15N3O4/c1-12-2-4-13(5-3-12)10-17-18-16(20)11-23-15-8-6-14(7-9-15)19(21)22/h2-10H,11H2,1H3,(H,18,20)/b17-10+. The maximum absolute atomic E-state index is 11.6. The van der Waals surface area contributed by atoms with E-state index in [-0.39, 0.29) is 12.3 Å². The second kappa shape index (κ2) is 7.69. The topological polar surface area (TPSA) is 93.8 Å². The van der Waals surface area contributed by atoms with Crippen molar-refractivity contribution in [2.45, 2.75) is 6.92 Å². The quantitative estimate of drug-likeness (QED) is 0.503. The van der Waals surface area contributed by atoms with E-state index in [9.17, 15) is 14.9 Å². The van der Waals surface area contributed by atoms with Crippen molar-refractivity contribution in [3.63, 3.8) is 0 Å². The van der Waals surface area contributed by atoms with Crippen molar-refractivity contribution in [1.82, 2.24) is 5.43 Å². The Morgan fingerprint density at radius 3 is 2.48 bits per heavy atom. The summed E-state index contributed by atoms with van der Waals surface area (Å²) in [6.45, 7) is 1.75. The number of non-ortho nitro benzene ring substituents is 1. The number of benzene rings is 2. The van der Waals surface area contributed by atoms with Crippen molar-refractivity contribution in [1.29, 1.82) is 0 Å². The molecule has 2 aromatic carbocycles. The van der Waals surface area contributed by atoms with Gasteiger partial charge in [0.05, 0.1) is 11.1 Å². The van der Waals surface area contributed by atoms with E-state index in [4.69, 9.17) is 4.74 Å². The van der Waals surface area contributed by atoms with E-state index in [2.05, 4.69) is 10.5 Å². The third-order valence-electron chi connectivity index (χ3n) is 2.90. The van der Waals surface area contributed by atoms with Crippen molar-refractivity contribution in [3.05, 3.63) is 69.8 Å². The zero-order valence-electron chi connectivity index (χ0n) is 12.4. The summed E-state index contributed by atoms with van der Waals surface area (Å²) in [5.41, 5.74) is 4.31. The van der Waals surface area contributed by atoms with E-state index in [0.717, 1.165) is 11.1 Å². The second-order valence-electron chi connectivity index (χ2n) is 4.74. The Morgan fingerprint density at radius 1 is 1.22 bits per heavy atom. The summed E-state index contributed by atoms with van der Waals surface area (Å²) in [4.78, 5) is 21.6. The maximum atomic E-state index is 11.6. The maximum Gasteiger partial charge on any atom is 0.277 e. The van der Waals surface area contributed by atoms with Gasteiger partial charge in [0.15, 0.2) is 6.61 Å². The van der Waals surface area contributed by atoms with Crippen LogP contribution in [0.3, 0.4) is 0 Å². The number of ether oxygens (including phenoxy) is 1. The van der Waals surface area contributed by atoms with Crippen molar-refractivity contribution in [2.24, 2.45) is 5.10 Å².